The van der Waals surface area contributed by atoms with Crippen molar-refractivity contribution >= 4 is 63.8 Å². The smallest absolute Gasteiger partial charge is 0.293 e. The molecule has 0 bridgehead atoms. The monoisotopic (exact) mass is 517 g/mol. The van der Waals surface area contributed by atoms with Crippen molar-refractivity contribution in [2.24, 2.45) is 0 Å². The molecule has 168 valence electrons. The number of carbonyl (C=O) groups is 2. The fourth-order valence-electron chi connectivity index (χ4n) is 3.20. The Hall–Kier alpha value is -2.44. The molecule has 2 amide bonds. The standard InChI is InChI=1S/C25H18Cl3NO3S/c1-15-2-4-17(5-3-15)14-32-23-20(27)10-18(11-21(23)28)12-22-24(30)29(25(31)33-22)13-16-6-8-19(26)9-7-16/h2-12H,13-14H2,1H3/b22-12-. The summed E-state index contributed by atoms with van der Waals surface area (Å²) < 4.78 is 5.82. The van der Waals surface area contributed by atoms with Gasteiger partial charge in [-0.3, -0.25) is 14.5 Å². The second-order valence-electron chi connectivity index (χ2n) is 7.48. The molecule has 8 heteroatoms. The number of thioether (sulfide) groups is 1. The van der Waals surface area contributed by atoms with Crippen molar-refractivity contribution < 1.29 is 14.3 Å². The van der Waals surface area contributed by atoms with Crippen LogP contribution in [0, 0.1) is 6.92 Å². The van der Waals surface area contributed by atoms with Gasteiger partial charge in [-0.1, -0.05) is 76.8 Å². The zero-order chi connectivity index (χ0) is 23.5. The van der Waals surface area contributed by atoms with Gasteiger partial charge in [0.25, 0.3) is 11.1 Å². The first-order valence-electron chi connectivity index (χ1n) is 9.97. The van der Waals surface area contributed by atoms with Crippen molar-refractivity contribution in [3.63, 3.8) is 0 Å². The summed E-state index contributed by atoms with van der Waals surface area (Å²) in [5, 5.41) is 0.895. The fourth-order valence-corrected chi connectivity index (χ4v) is 4.78. The highest BCUT2D eigenvalue weighted by Crippen LogP contribution is 2.38. The van der Waals surface area contributed by atoms with Gasteiger partial charge in [0.15, 0.2) is 5.75 Å². The maximum Gasteiger partial charge on any atom is 0.293 e. The second kappa shape index (κ2) is 10.2. The third-order valence-corrected chi connectivity index (χ3v) is 6.67. The topological polar surface area (TPSA) is 46.6 Å². The molecule has 3 aromatic carbocycles. The van der Waals surface area contributed by atoms with Gasteiger partial charge in [0.05, 0.1) is 21.5 Å². The summed E-state index contributed by atoms with van der Waals surface area (Å²) in [6.07, 6.45) is 1.61. The summed E-state index contributed by atoms with van der Waals surface area (Å²) in [6.45, 7) is 2.51. The van der Waals surface area contributed by atoms with E-state index in [4.69, 9.17) is 39.5 Å². The Morgan fingerprint density at radius 1 is 0.909 bits per heavy atom. The summed E-state index contributed by atoms with van der Waals surface area (Å²) in [7, 11) is 0. The third kappa shape index (κ3) is 5.74. The predicted molar refractivity (Wildman–Crippen MR) is 135 cm³/mol. The molecule has 1 aliphatic heterocycles. The second-order valence-corrected chi connectivity index (χ2v) is 9.73. The molecule has 0 atom stereocenters. The highest BCUT2D eigenvalue weighted by molar-refractivity contribution is 8.18. The predicted octanol–water partition coefficient (Wildman–Crippen LogP) is 7.77. The zero-order valence-corrected chi connectivity index (χ0v) is 20.6. The molecule has 0 unspecified atom stereocenters. The first-order valence-corrected chi connectivity index (χ1v) is 11.9. The van der Waals surface area contributed by atoms with Crippen molar-refractivity contribution in [2.75, 3.05) is 0 Å². The molecule has 0 N–H and O–H groups in total. The number of benzene rings is 3. The van der Waals surface area contributed by atoms with E-state index in [2.05, 4.69) is 0 Å². The van der Waals surface area contributed by atoms with Crippen molar-refractivity contribution in [1.29, 1.82) is 0 Å². The molecule has 1 aliphatic rings. The minimum Gasteiger partial charge on any atom is -0.486 e. The van der Waals surface area contributed by atoms with E-state index >= 15 is 0 Å². The van der Waals surface area contributed by atoms with E-state index in [1.165, 1.54) is 4.90 Å². The number of hydrogen-bond acceptors (Lipinski definition) is 4. The third-order valence-electron chi connectivity index (χ3n) is 4.95. The average Bonchev–Trinajstić information content (AvgIpc) is 3.03. The molecular weight excluding hydrogens is 501 g/mol. The van der Waals surface area contributed by atoms with Crippen molar-refractivity contribution in [2.45, 2.75) is 20.1 Å². The molecule has 0 saturated carbocycles. The zero-order valence-electron chi connectivity index (χ0n) is 17.5. The number of halogens is 3. The van der Waals surface area contributed by atoms with Crippen LogP contribution in [0.1, 0.15) is 22.3 Å². The summed E-state index contributed by atoms with van der Waals surface area (Å²) in [6, 6.07) is 18.3. The Bertz CT molecular complexity index is 1220. The summed E-state index contributed by atoms with van der Waals surface area (Å²) in [5.41, 5.74) is 3.57. The number of aryl methyl sites for hydroxylation is 1. The molecule has 1 heterocycles. The molecule has 0 aromatic heterocycles. The highest BCUT2D eigenvalue weighted by Gasteiger charge is 2.35. The average molecular weight is 519 g/mol. The van der Waals surface area contributed by atoms with E-state index in [9.17, 15) is 9.59 Å². The maximum absolute atomic E-state index is 12.8. The van der Waals surface area contributed by atoms with Crippen LogP contribution in [-0.4, -0.2) is 16.0 Å². The number of rotatable bonds is 6. The molecule has 1 fully saturated rings. The molecule has 1 saturated heterocycles. The molecule has 4 rings (SSSR count). The van der Waals surface area contributed by atoms with Crippen molar-refractivity contribution in [3.8, 4) is 5.75 Å². The Kier molecular flexibility index (Phi) is 7.35. The van der Waals surface area contributed by atoms with E-state index in [0.29, 0.717) is 37.9 Å². The van der Waals surface area contributed by atoms with E-state index in [1.54, 1.807) is 42.5 Å². The molecular formula is C25H18Cl3NO3S. The Balaban J connectivity index is 1.49. The Morgan fingerprint density at radius 3 is 2.15 bits per heavy atom. The van der Waals surface area contributed by atoms with Gasteiger partial charge in [-0.2, -0.15) is 0 Å². The van der Waals surface area contributed by atoms with Crippen LogP contribution < -0.4 is 4.74 Å². The van der Waals surface area contributed by atoms with Crippen LogP contribution in [0.15, 0.2) is 65.6 Å². The number of amides is 2. The lowest BCUT2D eigenvalue weighted by Gasteiger charge is -2.12. The number of hydrogen-bond donors (Lipinski definition) is 0. The van der Waals surface area contributed by atoms with Gasteiger partial charge < -0.3 is 4.74 Å². The van der Waals surface area contributed by atoms with Gasteiger partial charge in [-0.05, 0) is 65.7 Å². The number of carbonyl (C=O) groups excluding carboxylic acids is 2. The van der Waals surface area contributed by atoms with Crippen LogP contribution in [0.2, 0.25) is 15.1 Å². The maximum atomic E-state index is 12.8. The number of nitrogens with zero attached hydrogens (tertiary/aromatic N) is 1. The van der Waals surface area contributed by atoms with Gasteiger partial charge in [0, 0.05) is 5.02 Å². The minimum absolute atomic E-state index is 0.173. The fraction of sp³-hybridized carbons (Fsp3) is 0.120. The normalized spacial score (nSPS) is 14.9. The minimum atomic E-state index is -0.369. The Labute approximate surface area is 211 Å². The first kappa shape index (κ1) is 23.7. The van der Waals surface area contributed by atoms with Crippen molar-refractivity contribution in [3.05, 3.63) is 103 Å². The summed E-state index contributed by atoms with van der Waals surface area (Å²) in [4.78, 5) is 26.7. The summed E-state index contributed by atoms with van der Waals surface area (Å²) >= 11 is 19.6. The van der Waals surface area contributed by atoms with Crippen LogP contribution in [0.4, 0.5) is 4.79 Å². The van der Waals surface area contributed by atoms with Crippen LogP contribution in [0.5, 0.6) is 5.75 Å². The lowest BCUT2D eigenvalue weighted by molar-refractivity contribution is -0.123. The van der Waals surface area contributed by atoms with Crippen LogP contribution in [0.25, 0.3) is 6.08 Å². The number of imide groups is 1. The SMILES string of the molecule is Cc1ccc(COc2c(Cl)cc(/C=C3\SC(=O)N(Cc4ccc(Cl)cc4)C3=O)cc2Cl)cc1. The van der Waals surface area contributed by atoms with Gasteiger partial charge in [0.1, 0.15) is 6.61 Å². The van der Waals surface area contributed by atoms with E-state index in [0.717, 1.165) is 28.5 Å². The molecule has 0 aliphatic carbocycles. The lowest BCUT2D eigenvalue weighted by atomic mass is 10.1. The van der Waals surface area contributed by atoms with Crippen LogP contribution in [-0.2, 0) is 17.9 Å². The number of ether oxygens (including phenoxy) is 1. The molecule has 0 spiro atoms. The van der Waals surface area contributed by atoms with E-state index in [1.807, 2.05) is 31.2 Å². The van der Waals surface area contributed by atoms with Gasteiger partial charge in [-0.15, -0.1) is 0 Å². The molecule has 3 aromatic rings. The van der Waals surface area contributed by atoms with E-state index < -0.39 is 0 Å². The lowest BCUT2D eigenvalue weighted by Crippen LogP contribution is -2.27. The first-order chi connectivity index (χ1) is 15.8. The molecule has 33 heavy (non-hydrogen) atoms. The van der Waals surface area contributed by atoms with Crippen LogP contribution in [0.3, 0.4) is 0 Å². The highest BCUT2D eigenvalue weighted by atomic mass is 35.5. The van der Waals surface area contributed by atoms with Crippen LogP contribution >= 0.6 is 46.6 Å². The van der Waals surface area contributed by atoms with Gasteiger partial charge in [-0.25, -0.2) is 0 Å². The van der Waals surface area contributed by atoms with Gasteiger partial charge >= 0.3 is 0 Å². The largest absolute Gasteiger partial charge is 0.486 e. The van der Waals surface area contributed by atoms with Gasteiger partial charge in [0.2, 0.25) is 0 Å². The quantitative estimate of drug-likeness (QED) is 0.313. The van der Waals surface area contributed by atoms with E-state index in [-0.39, 0.29) is 17.7 Å². The molecule has 4 nitrogen and oxygen atoms in total. The Morgan fingerprint density at radius 2 is 1.52 bits per heavy atom. The van der Waals surface area contributed by atoms with Crippen molar-refractivity contribution in [1.82, 2.24) is 4.90 Å². The molecule has 0 radical (unpaired) electrons. The summed E-state index contributed by atoms with van der Waals surface area (Å²) in [5.74, 6) is -0.00112.